The number of carbonyl (C=O) groups excluding carboxylic acids is 2. The summed E-state index contributed by atoms with van der Waals surface area (Å²) in [6.45, 7) is 3.71. The van der Waals surface area contributed by atoms with Gasteiger partial charge >= 0.3 is 5.97 Å². The fraction of sp³-hybridized carbons (Fsp3) is 0.385. The quantitative estimate of drug-likeness (QED) is 0.469. The number of rotatable bonds is 5. The van der Waals surface area contributed by atoms with Gasteiger partial charge in [0.1, 0.15) is 5.75 Å². The molecule has 0 heterocycles. The first kappa shape index (κ1) is 14.5. The lowest BCUT2D eigenvalue weighted by atomic mass is 10.0. The molecule has 0 saturated heterocycles. The first-order valence-electron chi connectivity index (χ1n) is 5.62. The van der Waals surface area contributed by atoms with Gasteiger partial charge in [-0.05, 0) is 31.0 Å². The highest BCUT2D eigenvalue weighted by Crippen LogP contribution is 2.31. The second kappa shape index (κ2) is 6.40. The maximum absolute atomic E-state index is 11.9. The molecule has 0 saturated carbocycles. The van der Waals surface area contributed by atoms with Gasteiger partial charge in [0.05, 0.1) is 24.3 Å². The van der Waals surface area contributed by atoms with Crippen LogP contribution in [0.4, 0.5) is 0 Å². The molecule has 0 aliphatic heterocycles. The lowest BCUT2D eigenvalue weighted by Gasteiger charge is -2.11. The van der Waals surface area contributed by atoms with Crippen LogP contribution in [0.1, 0.15) is 29.8 Å². The highest BCUT2D eigenvalue weighted by Gasteiger charge is 2.23. The van der Waals surface area contributed by atoms with E-state index in [0.717, 1.165) is 5.56 Å². The van der Waals surface area contributed by atoms with Crippen LogP contribution in [0.5, 0.6) is 5.75 Å². The minimum Gasteiger partial charge on any atom is -0.494 e. The number of benzene rings is 1. The van der Waals surface area contributed by atoms with Crippen molar-refractivity contribution in [1.82, 2.24) is 0 Å². The molecule has 0 aliphatic carbocycles. The van der Waals surface area contributed by atoms with Crippen LogP contribution in [0.2, 0.25) is 5.02 Å². The molecule has 0 aromatic heterocycles. The number of hydrogen-bond donors (Lipinski definition) is 0. The van der Waals surface area contributed by atoms with E-state index in [-0.39, 0.29) is 17.9 Å². The summed E-state index contributed by atoms with van der Waals surface area (Å²) in [5.74, 6) is -1.45. The van der Waals surface area contributed by atoms with E-state index in [1.807, 2.05) is 6.92 Å². The van der Waals surface area contributed by atoms with Crippen molar-refractivity contribution in [2.75, 3.05) is 13.7 Å². The van der Waals surface area contributed by atoms with Gasteiger partial charge in [-0.25, -0.2) is 4.79 Å². The predicted octanol–water partition coefficient (Wildman–Crippen LogP) is 2.66. The van der Waals surface area contributed by atoms with E-state index < -0.39 is 11.8 Å². The van der Waals surface area contributed by atoms with Crippen molar-refractivity contribution in [3.05, 3.63) is 28.3 Å². The maximum atomic E-state index is 11.9. The van der Waals surface area contributed by atoms with Crippen molar-refractivity contribution < 1.29 is 19.1 Å². The number of carbonyl (C=O) groups is 2. The monoisotopic (exact) mass is 270 g/mol. The van der Waals surface area contributed by atoms with Gasteiger partial charge in [0.25, 0.3) is 5.78 Å². The number of hydrogen-bond acceptors (Lipinski definition) is 4. The van der Waals surface area contributed by atoms with Gasteiger partial charge in [0, 0.05) is 0 Å². The van der Waals surface area contributed by atoms with Gasteiger partial charge in [-0.3, -0.25) is 4.79 Å². The smallest absolute Gasteiger partial charge is 0.379 e. The number of Topliss-reactive ketones (excluding diaryl/α,β-unsaturated/α-hetero) is 1. The second-order valence-corrected chi connectivity index (χ2v) is 3.97. The number of ether oxygens (including phenoxy) is 2. The van der Waals surface area contributed by atoms with E-state index in [2.05, 4.69) is 4.74 Å². The Bertz CT molecular complexity index is 468. The van der Waals surface area contributed by atoms with Crippen LogP contribution < -0.4 is 4.74 Å². The Labute approximate surface area is 111 Å². The molecule has 98 valence electrons. The van der Waals surface area contributed by atoms with E-state index in [9.17, 15) is 9.59 Å². The lowest BCUT2D eigenvalue weighted by Crippen LogP contribution is -2.18. The second-order valence-electron chi connectivity index (χ2n) is 3.56. The number of halogens is 1. The number of aryl methyl sites for hydroxylation is 1. The standard InChI is InChI=1S/C13H15ClO4/c1-4-8-6-9(11(15)13(16)18-5-2)12(17-3)10(14)7-8/h6-7H,4-5H2,1-3H3. The molecule has 0 radical (unpaired) electrons. The topological polar surface area (TPSA) is 52.6 Å². The molecule has 0 bridgehead atoms. The van der Waals surface area contributed by atoms with E-state index in [1.165, 1.54) is 7.11 Å². The Balaban J connectivity index is 3.24. The average molecular weight is 271 g/mol. The van der Waals surface area contributed by atoms with Crippen LogP contribution in [0.3, 0.4) is 0 Å². The number of methoxy groups -OCH3 is 1. The summed E-state index contributed by atoms with van der Waals surface area (Å²) in [7, 11) is 1.40. The Hall–Kier alpha value is -1.55. The molecule has 4 nitrogen and oxygen atoms in total. The summed E-state index contributed by atoms with van der Waals surface area (Å²) in [5.41, 5.74) is 0.994. The summed E-state index contributed by atoms with van der Waals surface area (Å²) >= 11 is 6.01. The first-order chi connectivity index (χ1) is 8.54. The van der Waals surface area contributed by atoms with Gasteiger partial charge in [-0.15, -0.1) is 0 Å². The average Bonchev–Trinajstić information content (AvgIpc) is 2.37. The summed E-state index contributed by atoms with van der Waals surface area (Å²) < 4.78 is 9.75. The summed E-state index contributed by atoms with van der Waals surface area (Å²) in [6.07, 6.45) is 0.701. The normalized spacial score (nSPS) is 10.0. The highest BCUT2D eigenvalue weighted by molar-refractivity contribution is 6.42. The van der Waals surface area contributed by atoms with Crippen LogP contribution in [0, 0.1) is 0 Å². The van der Waals surface area contributed by atoms with Gasteiger partial charge in [0.2, 0.25) is 0 Å². The van der Waals surface area contributed by atoms with Crippen molar-refractivity contribution in [3.63, 3.8) is 0 Å². The highest BCUT2D eigenvalue weighted by atomic mass is 35.5. The maximum Gasteiger partial charge on any atom is 0.379 e. The minimum absolute atomic E-state index is 0.139. The lowest BCUT2D eigenvalue weighted by molar-refractivity contribution is -0.137. The van der Waals surface area contributed by atoms with Gasteiger partial charge < -0.3 is 9.47 Å². The number of ketones is 1. The van der Waals surface area contributed by atoms with Crippen molar-refractivity contribution >= 4 is 23.4 Å². The molecule has 5 heteroatoms. The van der Waals surface area contributed by atoms with Crippen molar-refractivity contribution in [2.24, 2.45) is 0 Å². The largest absolute Gasteiger partial charge is 0.494 e. The fourth-order valence-corrected chi connectivity index (χ4v) is 1.86. The van der Waals surface area contributed by atoms with Crippen molar-refractivity contribution in [3.8, 4) is 5.75 Å². The van der Waals surface area contributed by atoms with Gasteiger partial charge in [-0.1, -0.05) is 18.5 Å². The zero-order valence-corrected chi connectivity index (χ0v) is 11.3. The van der Waals surface area contributed by atoms with E-state index >= 15 is 0 Å². The molecule has 1 aromatic carbocycles. The van der Waals surface area contributed by atoms with Crippen LogP contribution in [0.15, 0.2) is 12.1 Å². The third kappa shape index (κ3) is 3.01. The molecule has 0 amide bonds. The Morgan fingerprint density at radius 3 is 2.44 bits per heavy atom. The molecular weight excluding hydrogens is 256 g/mol. The Morgan fingerprint density at radius 2 is 1.94 bits per heavy atom. The van der Waals surface area contributed by atoms with Gasteiger partial charge in [-0.2, -0.15) is 0 Å². The molecule has 0 spiro atoms. The molecule has 0 N–H and O–H groups in total. The summed E-state index contributed by atoms with van der Waals surface area (Å²) in [5, 5.41) is 0.310. The van der Waals surface area contributed by atoms with E-state index in [4.69, 9.17) is 16.3 Å². The first-order valence-corrected chi connectivity index (χ1v) is 6.00. The van der Waals surface area contributed by atoms with Crippen LogP contribution in [0.25, 0.3) is 0 Å². The van der Waals surface area contributed by atoms with E-state index in [0.29, 0.717) is 11.4 Å². The molecular formula is C13H15ClO4. The van der Waals surface area contributed by atoms with Crippen LogP contribution in [-0.2, 0) is 16.0 Å². The molecule has 18 heavy (non-hydrogen) atoms. The third-order valence-electron chi connectivity index (χ3n) is 2.42. The van der Waals surface area contributed by atoms with Crippen molar-refractivity contribution in [2.45, 2.75) is 20.3 Å². The zero-order chi connectivity index (χ0) is 13.7. The molecule has 0 atom stereocenters. The summed E-state index contributed by atoms with van der Waals surface area (Å²) in [4.78, 5) is 23.4. The van der Waals surface area contributed by atoms with Crippen LogP contribution >= 0.6 is 11.6 Å². The minimum atomic E-state index is -0.903. The Kier molecular flexibility index (Phi) is 5.16. The zero-order valence-electron chi connectivity index (χ0n) is 10.6. The third-order valence-corrected chi connectivity index (χ3v) is 2.70. The van der Waals surface area contributed by atoms with Gasteiger partial charge in [0.15, 0.2) is 0 Å². The van der Waals surface area contributed by atoms with E-state index in [1.54, 1.807) is 19.1 Å². The molecule has 1 aromatic rings. The number of esters is 1. The fourth-order valence-electron chi connectivity index (χ4n) is 1.54. The molecule has 0 fully saturated rings. The Morgan fingerprint density at radius 1 is 1.28 bits per heavy atom. The molecule has 0 unspecified atom stereocenters. The summed E-state index contributed by atoms with van der Waals surface area (Å²) in [6, 6.07) is 3.31. The predicted molar refractivity (Wildman–Crippen MR) is 68.3 cm³/mol. The van der Waals surface area contributed by atoms with Crippen LogP contribution in [-0.4, -0.2) is 25.5 Å². The molecule has 0 aliphatic rings. The molecule has 1 rings (SSSR count). The van der Waals surface area contributed by atoms with Crippen molar-refractivity contribution in [1.29, 1.82) is 0 Å². The SMILES string of the molecule is CCOC(=O)C(=O)c1cc(CC)cc(Cl)c1OC.